The third kappa shape index (κ3) is 4.06. The van der Waals surface area contributed by atoms with Crippen LogP contribution in [-0.2, 0) is 14.4 Å². The van der Waals surface area contributed by atoms with Crippen LogP contribution in [0.3, 0.4) is 0 Å². The molecule has 1 aliphatic carbocycles. The Kier molecular flexibility index (Phi) is 5.59. The lowest BCUT2D eigenvalue weighted by Gasteiger charge is -2.28. The van der Waals surface area contributed by atoms with Crippen LogP contribution in [0.4, 0.5) is 0 Å². The molecule has 0 spiro atoms. The number of carbonyl (C=O) groups excluding carboxylic acids is 2. The van der Waals surface area contributed by atoms with Crippen molar-refractivity contribution < 1.29 is 19.5 Å². The van der Waals surface area contributed by atoms with Crippen LogP contribution in [0.5, 0.6) is 0 Å². The molecule has 2 aliphatic rings. The van der Waals surface area contributed by atoms with Gasteiger partial charge in [-0.3, -0.25) is 14.4 Å². The number of aliphatic carboxylic acids is 1. The van der Waals surface area contributed by atoms with Gasteiger partial charge in [-0.1, -0.05) is 30.3 Å². The molecule has 0 radical (unpaired) electrons. The number of likely N-dealkylation sites (tertiary alicyclic amines) is 1. The predicted molar refractivity (Wildman–Crippen MR) is 96.2 cm³/mol. The predicted octanol–water partition coefficient (Wildman–Crippen LogP) is 2.36. The molecule has 140 valence electrons. The number of hydrogen-bond donors (Lipinski definition) is 2. The topological polar surface area (TPSA) is 86.7 Å². The van der Waals surface area contributed by atoms with E-state index in [0.717, 1.165) is 5.56 Å². The first-order valence-electron chi connectivity index (χ1n) is 9.33. The zero-order chi connectivity index (χ0) is 18.7. The second-order valence-corrected chi connectivity index (χ2v) is 7.43. The normalized spacial score (nSPS) is 27.2. The van der Waals surface area contributed by atoms with E-state index in [1.54, 1.807) is 4.90 Å². The molecule has 1 aromatic rings. The molecule has 6 nitrogen and oxygen atoms in total. The molecule has 1 saturated carbocycles. The number of benzene rings is 1. The summed E-state index contributed by atoms with van der Waals surface area (Å²) < 4.78 is 0. The van der Waals surface area contributed by atoms with Gasteiger partial charge < -0.3 is 15.3 Å². The van der Waals surface area contributed by atoms with Crippen LogP contribution in [-0.4, -0.2) is 40.4 Å². The van der Waals surface area contributed by atoms with Crippen molar-refractivity contribution in [3.8, 4) is 0 Å². The second-order valence-electron chi connectivity index (χ2n) is 7.43. The summed E-state index contributed by atoms with van der Waals surface area (Å²) in [5, 5.41) is 12.1. The quantitative estimate of drug-likeness (QED) is 0.846. The number of amides is 2. The molecule has 6 heteroatoms. The Bertz CT molecular complexity index is 668. The lowest BCUT2D eigenvalue weighted by molar-refractivity contribution is -0.143. The molecule has 1 aliphatic heterocycles. The summed E-state index contributed by atoms with van der Waals surface area (Å²) in [5.74, 6) is -1.44. The fraction of sp³-hybridized carbons (Fsp3) is 0.550. The Labute approximate surface area is 153 Å². The van der Waals surface area contributed by atoms with Gasteiger partial charge in [-0.2, -0.15) is 0 Å². The van der Waals surface area contributed by atoms with E-state index in [9.17, 15) is 14.4 Å². The molecule has 2 fully saturated rings. The van der Waals surface area contributed by atoms with Gasteiger partial charge in [0.2, 0.25) is 11.8 Å². The monoisotopic (exact) mass is 358 g/mol. The SMILES string of the molecule is C[C@H](c1ccccc1)N1C[C@H](C(=O)NC2CCC(C(=O)O)CC2)CC1=O. The van der Waals surface area contributed by atoms with E-state index in [4.69, 9.17) is 5.11 Å². The van der Waals surface area contributed by atoms with Crippen molar-refractivity contribution in [2.24, 2.45) is 11.8 Å². The number of nitrogens with one attached hydrogen (secondary N) is 1. The van der Waals surface area contributed by atoms with Gasteiger partial charge in [0, 0.05) is 19.0 Å². The summed E-state index contributed by atoms with van der Waals surface area (Å²) in [5.41, 5.74) is 1.06. The number of hydrogen-bond acceptors (Lipinski definition) is 3. The first kappa shape index (κ1) is 18.4. The first-order valence-corrected chi connectivity index (χ1v) is 9.33. The van der Waals surface area contributed by atoms with Gasteiger partial charge in [0.1, 0.15) is 0 Å². The van der Waals surface area contributed by atoms with Crippen LogP contribution in [0, 0.1) is 11.8 Å². The van der Waals surface area contributed by atoms with Gasteiger partial charge in [0.25, 0.3) is 0 Å². The molecule has 3 rings (SSSR count). The van der Waals surface area contributed by atoms with E-state index >= 15 is 0 Å². The highest BCUT2D eigenvalue weighted by molar-refractivity contribution is 5.89. The Morgan fingerprint density at radius 1 is 1.12 bits per heavy atom. The highest BCUT2D eigenvalue weighted by Gasteiger charge is 2.38. The first-order chi connectivity index (χ1) is 12.5. The number of nitrogens with zero attached hydrogens (tertiary/aromatic N) is 1. The van der Waals surface area contributed by atoms with Gasteiger partial charge in [-0.15, -0.1) is 0 Å². The Balaban J connectivity index is 1.53. The molecule has 26 heavy (non-hydrogen) atoms. The highest BCUT2D eigenvalue weighted by atomic mass is 16.4. The average molecular weight is 358 g/mol. The third-order valence-electron chi connectivity index (χ3n) is 5.70. The van der Waals surface area contributed by atoms with Crippen LogP contribution in [0.25, 0.3) is 0 Å². The van der Waals surface area contributed by atoms with Gasteiger partial charge >= 0.3 is 5.97 Å². The van der Waals surface area contributed by atoms with Crippen LogP contribution in [0.2, 0.25) is 0 Å². The third-order valence-corrected chi connectivity index (χ3v) is 5.70. The maximum Gasteiger partial charge on any atom is 0.306 e. The fourth-order valence-corrected chi connectivity index (χ4v) is 4.00. The summed E-state index contributed by atoms with van der Waals surface area (Å²) in [6.07, 6.45) is 2.82. The van der Waals surface area contributed by atoms with Crippen molar-refractivity contribution in [2.45, 2.75) is 51.1 Å². The van der Waals surface area contributed by atoms with Gasteiger partial charge in [-0.25, -0.2) is 0 Å². The summed E-state index contributed by atoms with van der Waals surface area (Å²) in [6, 6.07) is 9.80. The van der Waals surface area contributed by atoms with Crippen LogP contribution in [0.15, 0.2) is 30.3 Å². The minimum absolute atomic E-state index is 0.0103. The van der Waals surface area contributed by atoms with E-state index in [0.29, 0.717) is 32.2 Å². The fourth-order valence-electron chi connectivity index (χ4n) is 4.00. The molecule has 1 saturated heterocycles. The minimum Gasteiger partial charge on any atom is -0.481 e. The molecule has 1 heterocycles. The standard InChI is InChI=1S/C20H26N2O4/c1-13(14-5-3-2-4-6-14)22-12-16(11-18(22)23)19(24)21-17-9-7-15(8-10-17)20(25)26/h2-6,13,15-17H,7-12H2,1H3,(H,21,24)(H,25,26)/t13-,15?,16-,17?/m1/s1. The van der Waals surface area contributed by atoms with Crippen molar-refractivity contribution in [3.63, 3.8) is 0 Å². The van der Waals surface area contributed by atoms with Crippen LogP contribution in [0.1, 0.15) is 50.6 Å². The molecule has 2 N–H and O–H groups in total. The molecule has 0 aromatic heterocycles. The Hall–Kier alpha value is -2.37. The largest absolute Gasteiger partial charge is 0.481 e. The smallest absolute Gasteiger partial charge is 0.306 e. The lowest BCUT2D eigenvalue weighted by atomic mass is 9.86. The molecule has 2 amide bonds. The maximum atomic E-state index is 12.6. The van der Waals surface area contributed by atoms with Crippen LogP contribution >= 0.6 is 0 Å². The number of carbonyl (C=O) groups is 3. The van der Waals surface area contributed by atoms with E-state index in [-0.39, 0.29) is 42.2 Å². The van der Waals surface area contributed by atoms with Crippen molar-refractivity contribution in [2.75, 3.05) is 6.54 Å². The molecule has 2 atom stereocenters. The van der Waals surface area contributed by atoms with Crippen molar-refractivity contribution in [1.29, 1.82) is 0 Å². The second kappa shape index (κ2) is 7.89. The van der Waals surface area contributed by atoms with Gasteiger partial charge in [0.05, 0.1) is 17.9 Å². The Morgan fingerprint density at radius 2 is 1.77 bits per heavy atom. The van der Waals surface area contributed by atoms with Crippen molar-refractivity contribution in [1.82, 2.24) is 10.2 Å². The summed E-state index contributed by atoms with van der Waals surface area (Å²) in [7, 11) is 0. The summed E-state index contributed by atoms with van der Waals surface area (Å²) in [6.45, 7) is 2.42. The zero-order valence-corrected chi connectivity index (χ0v) is 15.1. The van der Waals surface area contributed by atoms with Gasteiger partial charge in [0.15, 0.2) is 0 Å². The number of carboxylic acid groups (broad SMARTS) is 1. The Morgan fingerprint density at radius 3 is 2.38 bits per heavy atom. The molecular weight excluding hydrogens is 332 g/mol. The molecule has 0 bridgehead atoms. The minimum atomic E-state index is -0.748. The van der Waals surface area contributed by atoms with Crippen molar-refractivity contribution >= 4 is 17.8 Å². The molecule has 0 unspecified atom stereocenters. The summed E-state index contributed by atoms with van der Waals surface area (Å²) >= 11 is 0. The van der Waals surface area contributed by atoms with Crippen LogP contribution < -0.4 is 5.32 Å². The highest BCUT2D eigenvalue weighted by Crippen LogP contribution is 2.29. The number of rotatable bonds is 5. The van der Waals surface area contributed by atoms with E-state index in [1.165, 1.54) is 0 Å². The van der Waals surface area contributed by atoms with E-state index < -0.39 is 5.97 Å². The molecular formula is C20H26N2O4. The maximum absolute atomic E-state index is 12.6. The zero-order valence-electron chi connectivity index (χ0n) is 15.1. The number of carboxylic acids is 1. The van der Waals surface area contributed by atoms with Gasteiger partial charge in [-0.05, 0) is 38.2 Å². The molecule has 1 aromatic carbocycles. The lowest BCUT2D eigenvalue weighted by Crippen LogP contribution is -2.42. The van der Waals surface area contributed by atoms with E-state index in [2.05, 4.69) is 5.32 Å². The van der Waals surface area contributed by atoms with Crippen molar-refractivity contribution in [3.05, 3.63) is 35.9 Å². The summed E-state index contributed by atoms with van der Waals surface area (Å²) in [4.78, 5) is 37.8. The van der Waals surface area contributed by atoms with E-state index in [1.807, 2.05) is 37.3 Å². The average Bonchev–Trinajstić information content (AvgIpc) is 3.04.